The third kappa shape index (κ3) is 2.89. The van der Waals surface area contributed by atoms with Gasteiger partial charge in [-0.1, -0.05) is 23.7 Å². The van der Waals surface area contributed by atoms with E-state index in [0.29, 0.717) is 29.6 Å². The molecule has 1 fully saturated rings. The van der Waals surface area contributed by atoms with Gasteiger partial charge in [0.25, 0.3) is 5.91 Å². The first-order valence-corrected chi connectivity index (χ1v) is 7.69. The van der Waals surface area contributed by atoms with Crippen molar-refractivity contribution in [2.24, 2.45) is 0 Å². The van der Waals surface area contributed by atoms with Crippen molar-refractivity contribution in [1.82, 2.24) is 5.32 Å². The second kappa shape index (κ2) is 6.15. The molecule has 0 saturated carbocycles. The minimum atomic E-state index is -0.427. The molecule has 1 aliphatic heterocycles. The second-order valence-corrected chi connectivity index (χ2v) is 5.98. The fraction of sp³-hybridized carbons (Fsp3) is 0.353. The maximum absolute atomic E-state index is 12.6. The van der Waals surface area contributed by atoms with E-state index in [1.165, 1.54) is 6.26 Å². The molecular formula is C17H18ClNO3. The maximum Gasteiger partial charge on any atom is 0.255 e. The number of furan rings is 1. The van der Waals surface area contributed by atoms with E-state index in [2.05, 4.69) is 5.32 Å². The molecule has 116 valence electrons. The summed E-state index contributed by atoms with van der Waals surface area (Å²) in [6.07, 6.45) is 3.00. The lowest BCUT2D eigenvalue weighted by atomic mass is 9.82. The minimum Gasteiger partial charge on any atom is -0.469 e. The number of carbonyl (C=O) groups excluding carboxylic acids is 1. The van der Waals surface area contributed by atoms with Crippen LogP contribution in [0.15, 0.2) is 41.0 Å². The van der Waals surface area contributed by atoms with Gasteiger partial charge in [0.2, 0.25) is 0 Å². The van der Waals surface area contributed by atoms with Crippen LogP contribution in [-0.4, -0.2) is 19.1 Å². The molecule has 2 heterocycles. The number of carbonyl (C=O) groups is 1. The Labute approximate surface area is 134 Å². The summed E-state index contributed by atoms with van der Waals surface area (Å²) in [5, 5.41) is 3.87. The molecule has 5 heteroatoms. The van der Waals surface area contributed by atoms with E-state index in [4.69, 9.17) is 20.8 Å². The topological polar surface area (TPSA) is 51.5 Å². The summed E-state index contributed by atoms with van der Waals surface area (Å²) in [4.78, 5) is 12.6. The molecule has 3 rings (SSSR count). The first kappa shape index (κ1) is 15.1. The predicted molar refractivity (Wildman–Crippen MR) is 84.1 cm³/mol. The molecule has 0 bridgehead atoms. The largest absolute Gasteiger partial charge is 0.469 e. The van der Waals surface area contributed by atoms with Crippen LogP contribution < -0.4 is 5.32 Å². The maximum atomic E-state index is 12.6. The van der Waals surface area contributed by atoms with E-state index in [0.717, 1.165) is 18.4 Å². The smallest absolute Gasteiger partial charge is 0.255 e. The van der Waals surface area contributed by atoms with Gasteiger partial charge in [-0.2, -0.15) is 0 Å². The van der Waals surface area contributed by atoms with Gasteiger partial charge < -0.3 is 14.5 Å². The van der Waals surface area contributed by atoms with Gasteiger partial charge in [-0.05, 0) is 43.5 Å². The van der Waals surface area contributed by atoms with Gasteiger partial charge in [0.15, 0.2) is 0 Å². The van der Waals surface area contributed by atoms with Crippen LogP contribution in [0.5, 0.6) is 0 Å². The van der Waals surface area contributed by atoms with Crippen LogP contribution in [0.1, 0.15) is 34.5 Å². The highest BCUT2D eigenvalue weighted by atomic mass is 35.5. The quantitative estimate of drug-likeness (QED) is 0.939. The fourth-order valence-electron chi connectivity index (χ4n) is 2.88. The first-order valence-electron chi connectivity index (χ1n) is 7.31. The van der Waals surface area contributed by atoms with Gasteiger partial charge in [-0.15, -0.1) is 0 Å². The molecule has 0 spiro atoms. The molecule has 4 nitrogen and oxygen atoms in total. The number of halogens is 1. The molecular weight excluding hydrogens is 302 g/mol. The number of nitrogens with one attached hydrogen (secondary N) is 1. The zero-order valence-corrected chi connectivity index (χ0v) is 13.2. The van der Waals surface area contributed by atoms with E-state index in [9.17, 15) is 4.79 Å². The zero-order valence-electron chi connectivity index (χ0n) is 12.4. The highest BCUT2D eigenvalue weighted by molar-refractivity contribution is 6.30. The van der Waals surface area contributed by atoms with Crippen molar-refractivity contribution in [3.05, 3.63) is 58.5 Å². The highest BCUT2D eigenvalue weighted by Crippen LogP contribution is 2.33. The van der Waals surface area contributed by atoms with Crippen LogP contribution >= 0.6 is 11.6 Å². The summed E-state index contributed by atoms with van der Waals surface area (Å²) in [6, 6.07) is 9.33. The molecule has 0 radical (unpaired) electrons. The molecule has 1 aromatic carbocycles. The Morgan fingerprint density at radius 3 is 2.45 bits per heavy atom. The Morgan fingerprint density at radius 2 is 1.86 bits per heavy atom. The Kier molecular flexibility index (Phi) is 4.23. The summed E-state index contributed by atoms with van der Waals surface area (Å²) < 4.78 is 10.7. The lowest BCUT2D eigenvalue weighted by Crippen LogP contribution is -2.49. The van der Waals surface area contributed by atoms with Gasteiger partial charge in [-0.25, -0.2) is 0 Å². The average molecular weight is 320 g/mol. The van der Waals surface area contributed by atoms with E-state index in [-0.39, 0.29) is 5.91 Å². The fourth-order valence-corrected chi connectivity index (χ4v) is 3.01. The van der Waals surface area contributed by atoms with Gasteiger partial charge in [0.1, 0.15) is 5.76 Å². The summed E-state index contributed by atoms with van der Waals surface area (Å²) in [6.45, 7) is 3.02. The average Bonchev–Trinajstić information content (AvgIpc) is 2.95. The van der Waals surface area contributed by atoms with Crippen LogP contribution in [0.3, 0.4) is 0 Å². The molecule has 1 aromatic heterocycles. The Morgan fingerprint density at radius 1 is 1.18 bits per heavy atom. The molecule has 1 saturated heterocycles. The van der Waals surface area contributed by atoms with E-state index < -0.39 is 5.54 Å². The molecule has 1 amide bonds. The zero-order chi connectivity index (χ0) is 15.6. The number of benzene rings is 1. The number of aryl methyl sites for hydroxylation is 1. The van der Waals surface area contributed by atoms with Crippen molar-refractivity contribution >= 4 is 17.5 Å². The Balaban J connectivity index is 1.91. The normalized spacial score (nSPS) is 17.2. The molecule has 0 atom stereocenters. The van der Waals surface area contributed by atoms with E-state index in [1.54, 1.807) is 13.0 Å². The standard InChI is InChI=1S/C17H18ClNO3/c1-12-15(6-9-22-12)16(20)19-17(7-10-21-11-8-17)13-2-4-14(18)5-3-13/h2-6,9H,7-8,10-11H2,1H3,(H,19,20). The number of ether oxygens (including phenoxy) is 1. The van der Waals surface area contributed by atoms with Gasteiger partial charge in [-0.3, -0.25) is 4.79 Å². The number of rotatable bonds is 3. The number of hydrogen-bond acceptors (Lipinski definition) is 3. The second-order valence-electron chi connectivity index (χ2n) is 5.55. The molecule has 1 N–H and O–H groups in total. The van der Waals surface area contributed by atoms with Crippen molar-refractivity contribution in [3.8, 4) is 0 Å². The third-order valence-electron chi connectivity index (χ3n) is 4.20. The highest BCUT2D eigenvalue weighted by Gasteiger charge is 2.36. The molecule has 0 aliphatic carbocycles. The summed E-state index contributed by atoms with van der Waals surface area (Å²) in [5.41, 5.74) is 1.19. The van der Waals surface area contributed by atoms with Crippen LogP contribution in [0.4, 0.5) is 0 Å². The van der Waals surface area contributed by atoms with Crippen molar-refractivity contribution in [3.63, 3.8) is 0 Å². The van der Waals surface area contributed by atoms with E-state index in [1.807, 2.05) is 24.3 Å². The third-order valence-corrected chi connectivity index (χ3v) is 4.45. The predicted octanol–water partition coefficient (Wildman–Crippen LogP) is 3.68. The van der Waals surface area contributed by atoms with Crippen LogP contribution in [0.2, 0.25) is 5.02 Å². The summed E-state index contributed by atoms with van der Waals surface area (Å²) in [5.74, 6) is 0.499. The molecule has 0 unspecified atom stereocenters. The molecule has 22 heavy (non-hydrogen) atoms. The lowest BCUT2D eigenvalue weighted by molar-refractivity contribution is 0.0345. The van der Waals surface area contributed by atoms with E-state index >= 15 is 0 Å². The Bertz CT molecular complexity index is 657. The van der Waals surface area contributed by atoms with Crippen LogP contribution in [0.25, 0.3) is 0 Å². The number of amides is 1. The van der Waals surface area contributed by atoms with Crippen molar-refractivity contribution in [2.75, 3.05) is 13.2 Å². The first-order chi connectivity index (χ1) is 10.6. The van der Waals surface area contributed by atoms with Crippen molar-refractivity contribution in [2.45, 2.75) is 25.3 Å². The summed E-state index contributed by atoms with van der Waals surface area (Å²) >= 11 is 5.98. The molecule has 1 aliphatic rings. The lowest BCUT2D eigenvalue weighted by Gasteiger charge is -2.38. The van der Waals surface area contributed by atoms with Crippen molar-refractivity contribution < 1.29 is 13.9 Å². The van der Waals surface area contributed by atoms with Gasteiger partial charge in [0, 0.05) is 18.2 Å². The number of hydrogen-bond donors (Lipinski definition) is 1. The van der Waals surface area contributed by atoms with Gasteiger partial charge >= 0.3 is 0 Å². The SMILES string of the molecule is Cc1occc1C(=O)NC1(c2ccc(Cl)cc2)CCOCC1. The van der Waals surface area contributed by atoms with Crippen LogP contribution in [0, 0.1) is 6.92 Å². The minimum absolute atomic E-state index is 0.122. The van der Waals surface area contributed by atoms with Gasteiger partial charge in [0.05, 0.1) is 17.4 Å². The molecule has 2 aromatic rings. The van der Waals surface area contributed by atoms with Crippen LogP contribution in [-0.2, 0) is 10.3 Å². The monoisotopic (exact) mass is 319 g/mol. The van der Waals surface area contributed by atoms with Crippen molar-refractivity contribution in [1.29, 1.82) is 0 Å². The Hall–Kier alpha value is -1.78. The summed E-state index contributed by atoms with van der Waals surface area (Å²) in [7, 11) is 0.